The second kappa shape index (κ2) is 46.3. The molecule has 0 spiro atoms. The summed E-state index contributed by atoms with van der Waals surface area (Å²) in [6.45, 7) is 4.11. The lowest BCUT2D eigenvalue weighted by atomic mass is 9.85. The van der Waals surface area contributed by atoms with Gasteiger partial charge in [-0.2, -0.15) is 0 Å². The van der Waals surface area contributed by atoms with Crippen molar-refractivity contribution in [3.8, 4) is 0 Å². The summed E-state index contributed by atoms with van der Waals surface area (Å²) in [5.74, 6) is -0.487. The summed E-state index contributed by atoms with van der Waals surface area (Å²) >= 11 is 0. The highest BCUT2D eigenvalue weighted by molar-refractivity contribution is 7.47. The van der Waals surface area contributed by atoms with Gasteiger partial charge in [-0.05, 0) is 89.9 Å². The first-order valence-electron chi connectivity index (χ1n) is 27.4. The van der Waals surface area contributed by atoms with E-state index in [1.807, 2.05) is 0 Å². The van der Waals surface area contributed by atoms with Gasteiger partial charge in [0, 0.05) is 13.0 Å². The van der Waals surface area contributed by atoms with E-state index in [1.54, 1.807) is 0 Å². The Morgan fingerprint density at radius 3 is 1.29 bits per heavy atom. The Morgan fingerprint density at radius 1 is 0.471 bits per heavy atom. The van der Waals surface area contributed by atoms with Gasteiger partial charge in [0.05, 0.1) is 13.2 Å². The van der Waals surface area contributed by atoms with Gasteiger partial charge in [-0.25, -0.2) is 4.57 Å². The van der Waals surface area contributed by atoms with Crippen LogP contribution in [0.1, 0.15) is 206 Å². The molecule has 0 bridgehead atoms. The lowest BCUT2D eigenvalue weighted by molar-refractivity contribution is -0.220. The van der Waals surface area contributed by atoms with Crippen molar-refractivity contribution < 1.29 is 58.3 Å². The highest BCUT2D eigenvalue weighted by Crippen LogP contribution is 2.47. The number of carbonyl (C=O) groups is 1. The zero-order valence-electron chi connectivity index (χ0n) is 43.5. The molecule has 1 saturated carbocycles. The maximum absolute atomic E-state index is 12.9. The number of unbranched alkanes of at least 4 members (excludes halogenated alkanes) is 20. The molecule has 1 fully saturated rings. The van der Waals surface area contributed by atoms with Gasteiger partial charge in [-0.15, -0.1) is 0 Å². The molecule has 0 saturated heterocycles. The zero-order valence-corrected chi connectivity index (χ0v) is 44.4. The minimum atomic E-state index is -5.03. The van der Waals surface area contributed by atoms with Crippen molar-refractivity contribution in [3.05, 3.63) is 85.1 Å². The Kier molecular flexibility index (Phi) is 43.4. The van der Waals surface area contributed by atoms with Gasteiger partial charge >= 0.3 is 13.8 Å². The molecule has 6 unspecified atom stereocenters. The second-order valence-corrected chi connectivity index (χ2v) is 20.1. The fourth-order valence-corrected chi connectivity index (χ4v) is 8.91. The number of phosphoric ester groups is 1. The number of ether oxygens (including phenoxy) is 2. The van der Waals surface area contributed by atoms with Crippen molar-refractivity contribution >= 4 is 13.8 Å². The summed E-state index contributed by atoms with van der Waals surface area (Å²) in [4.78, 5) is 23.3. The third-order valence-corrected chi connectivity index (χ3v) is 13.2. The van der Waals surface area contributed by atoms with Crippen LogP contribution in [-0.4, -0.2) is 98.9 Å². The van der Waals surface area contributed by atoms with Crippen LogP contribution in [0.5, 0.6) is 0 Å². The molecule has 0 amide bonds. The van der Waals surface area contributed by atoms with Crippen molar-refractivity contribution in [2.24, 2.45) is 0 Å². The summed E-state index contributed by atoms with van der Waals surface area (Å²) in [5.41, 5.74) is 0. The van der Waals surface area contributed by atoms with E-state index < -0.39 is 63.1 Å². The van der Waals surface area contributed by atoms with Crippen molar-refractivity contribution in [3.63, 3.8) is 0 Å². The number of rotatable bonds is 46. The number of esters is 1. The van der Waals surface area contributed by atoms with Crippen molar-refractivity contribution in [2.45, 2.75) is 249 Å². The number of hydrogen-bond acceptors (Lipinski definition) is 11. The molecule has 0 aromatic heterocycles. The highest BCUT2D eigenvalue weighted by atomic mass is 31.2. The molecule has 1 aliphatic rings. The van der Waals surface area contributed by atoms with E-state index in [4.69, 9.17) is 18.5 Å². The number of allylic oxidation sites excluding steroid dienone is 14. The first-order chi connectivity index (χ1) is 34.0. The molecule has 0 aromatic rings. The van der Waals surface area contributed by atoms with Crippen LogP contribution >= 0.6 is 7.82 Å². The number of hydrogen-bond donors (Lipinski definition) is 6. The van der Waals surface area contributed by atoms with Crippen LogP contribution in [0.25, 0.3) is 0 Å². The monoisotopic (exact) mass is 1010 g/mol. The summed E-state index contributed by atoms with van der Waals surface area (Å²) in [6.07, 6.45) is 50.7. The Labute approximate surface area is 424 Å². The third-order valence-electron chi connectivity index (χ3n) is 12.3. The van der Waals surface area contributed by atoms with Gasteiger partial charge in [-0.3, -0.25) is 13.8 Å². The average molecular weight is 1010 g/mol. The lowest BCUT2D eigenvalue weighted by Gasteiger charge is -2.41. The summed E-state index contributed by atoms with van der Waals surface area (Å²) in [5, 5.41) is 50.4. The molecule has 1 rings (SSSR count). The molecule has 0 heterocycles. The minimum absolute atomic E-state index is 0.0885. The molecule has 0 aliphatic heterocycles. The van der Waals surface area contributed by atoms with E-state index in [0.717, 1.165) is 96.3 Å². The number of aliphatic hydroxyl groups is 5. The van der Waals surface area contributed by atoms with Gasteiger partial charge in [0.15, 0.2) is 0 Å². The van der Waals surface area contributed by atoms with Crippen LogP contribution in [0.4, 0.5) is 0 Å². The smallest absolute Gasteiger partial charge is 0.457 e. The zero-order chi connectivity index (χ0) is 51.2. The lowest BCUT2D eigenvalue weighted by Crippen LogP contribution is -2.64. The van der Waals surface area contributed by atoms with Gasteiger partial charge < -0.3 is 39.9 Å². The van der Waals surface area contributed by atoms with Gasteiger partial charge in [0.1, 0.15) is 42.7 Å². The molecule has 13 heteroatoms. The van der Waals surface area contributed by atoms with Gasteiger partial charge in [0.25, 0.3) is 0 Å². The molecule has 6 atom stereocenters. The Hall–Kier alpha value is -2.48. The van der Waals surface area contributed by atoms with Crippen molar-refractivity contribution in [2.75, 3.05) is 19.8 Å². The van der Waals surface area contributed by atoms with Crippen LogP contribution in [0, 0.1) is 0 Å². The quantitative estimate of drug-likeness (QED) is 0.0147. The van der Waals surface area contributed by atoms with E-state index in [1.165, 1.54) is 83.5 Å². The van der Waals surface area contributed by atoms with Crippen molar-refractivity contribution in [1.29, 1.82) is 0 Å². The third kappa shape index (κ3) is 37.3. The van der Waals surface area contributed by atoms with E-state index in [-0.39, 0.29) is 13.0 Å². The van der Waals surface area contributed by atoms with E-state index in [2.05, 4.69) is 98.9 Å². The molecule has 404 valence electrons. The van der Waals surface area contributed by atoms with E-state index >= 15 is 0 Å². The Balaban J connectivity index is 2.32. The molecule has 1 aliphatic carbocycles. The number of carbonyl (C=O) groups excluding carboxylic acids is 1. The number of aliphatic hydroxyl groups excluding tert-OH is 5. The molecule has 0 radical (unpaired) electrons. The van der Waals surface area contributed by atoms with Crippen LogP contribution in [0.15, 0.2) is 85.1 Å². The van der Waals surface area contributed by atoms with Crippen LogP contribution in [-0.2, 0) is 27.9 Å². The predicted octanol–water partition coefficient (Wildman–Crippen LogP) is 12.9. The van der Waals surface area contributed by atoms with E-state index in [0.29, 0.717) is 13.0 Å². The van der Waals surface area contributed by atoms with Crippen LogP contribution in [0.3, 0.4) is 0 Å². The van der Waals surface area contributed by atoms with Crippen LogP contribution in [0.2, 0.25) is 0 Å². The first kappa shape index (κ1) is 65.5. The highest BCUT2D eigenvalue weighted by Gasteiger charge is 2.51. The normalized spacial score (nSPS) is 21.5. The molecular formula is C57H99O12P. The minimum Gasteiger partial charge on any atom is -0.457 e. The second-order valence-electron chi connectivity index (χ2n) is 18.7. The Morgan fingerprint density at radius 2 is 0.843 bits per heavy atom. The molecule has 12 nitrogen and oxygen atoms in total. The molecular weight excluding hydrogens is 908 g/mol. The van der Waals surface area contributed by atoms with E-state index in [9.17, 15) is 39.8 Å². The van der Waals surface area contributed by atoms with Gasteiger partial charge in [0.2, 0.25) is 0 Å². The van der Waals surface area contributed by atoms with Crippen molar-refractivity contribution in [1.82, 2.24) is 0 Å². The van der Waals surface area contributed by atoms with Crippen LogP contribution < -0.4 is 0 Å². The maximum Gasteiger partial charge on any atom is 0.472 e. The summed E-state index contributed by atoms with van der Waals surface area (Å²) in [6, 6.07) is 0. The summed E-state index contributed by atoms with van der Waals surface area (Å²) in [7, 11) is -5.03. The fourth-order valence-electron chi connectivity index (χ4n) is 7.94. The first-order valence-corrected chi connectivity index (χ1v) is 28.9. The SMILES string of the molecule is CC/C=C\C/C=C\C/C=C\C/C=C\C/C=C\CCCCCCCCCCOCC(COP(=O)(O)OC1C(O)C(O)C(O)C(O)C1O)OC(=O)CCCCCCCCCCC/C=C\C/C=C\CCCCC. The number of phosphoric acid groups is 1. The molecule has 6 N–H and O–H groups in total. The largest absolute Gasteiger partial charge is 0.472 e. The van der Waals surface area contributed by atoms with Gasteiger partial charge in [-0.1, -0.05) is 195 Å². The maximum atomic E-state index is 12.9. The predicted molar refractivity (Wildman–Crippen MR) is 285 cm³/mol. The fraction of sp³-hybridized carbons (Fsp3) is 0.737. The summed E-state index contributed by atoms with van der Waals surface area (Å²) < 4.78 is 34.4. The topological polar surface area (TPSA) is 192 Å². The Bertz CT molecular complexity index is 1480. The average Bonchev–Trinajstić information content (AvgIpc) is 3.35. The molecule has 70 heavy (non-hydrogen) atoms. The molecule has 0 aromatic carbocycles. The standard InChI is InChI=1S/C57H99O12P/c1-3-5-7-9-11-13-15-17-19-21-23-24-25-26-27-29-31-33-35-37-39-41-43-45-47-66-48-50(49-67-70(64,65)69-57-55(62)53(60)52(59)54(61)56(57)63)68-51(58)46-44-42-40-38-36-34-32-30-28-22-20-18-16-14-12-10-8-6-4-2/h5,7,11-14,17-20,23-24,26-27,50,52-57,59-63H,3-4,6,8-10,15-16,21-22,25,28-49H2,1-2H3,(H,64,65)/b7-5-,13-11-,14-12-,19-17-,20-18-,24-23-,27-26-.